The number of carbonyl (C=O) groups is 1. The Morgan fingerprint density at radius 1 is 1.08 bits per heavy atom. The molecule has 0 aliphatic carbocycles. The van der Waals surface area contributed by atoms with Gasteiger partial charge in [0.1, 0.15) is 11.4 Å². The van der Waals surface area contributed by atoms with E-state index < -0.39 is 18.2 Å². The van der Waals surface area contributed by atoms with Crippen LogP contribution in [0.1, 0.15) is 37.5 Å². The Labute approximate surface area is 228 Å². The molecule has 2 aromatic carbocycles. The van der Waals surface area contributed by atoms with Gasteiger partial charge in [-0.2, -0.15) is 13.9 Å². The van der Waals surface area contributed by atoms with Crippen molar-refractivity contribution in [3.63, 3.8) is 0 Å². The summed E-state index contributed by atoms with van der Waals surface area (Å²) in [6, 6.07) is 12.2. The fourth-order valence-electron chi connectivity index (χ4n) is 3.93. The molecule has 4 rings (SSSR count). The van der Waals surface area contributed by atoms with Crippen molar-refractivity contribution in [1.82, 2.24) is 14.8 Å². The lowest BCUT2D eigenvalue weighted by Gasteiger charge is -2.20. The standard InChI is InChI=1S/C27H25Cl2F2N3O4/c1-15-18(13-16-5-7-17(8-6-16)34-12-11-21(29)33-34)25(37-26(30)31)32-24-19(28)9-10-20(23(15)24)36-14-22(35)38-27(2,3)4/h5-12,26H,13-14H2,1-4H3. The molecule has 0 N–H and O–H groups in total. The molecule has 0 bridgehead atoms. The van der Waals surface area contributed by atoms with Crippen molar-refractivity contribution in [3.05, 3.63) is 75.5 Å². The minimum absolute atomic E-state index is 0.219. The maximum atomic E-state index is 13.3. The van der Waals surface area contributed by atoms with Crippen LogP contribution in [0.25, 0.3) is 16.6 Å². The fraction of sp³-hybridized carbons (Fsp3) is 0.296. The van der Waals surface area contributed by atoms with Crippen molar-refractivity contribution >= 4 is 40.1 Å². The van der Waals surface area contributed by atoms with Crippen LogP contribution in [0.15, 0.2) is 48.7 Å². The van der Waals surface area contributed by atoms with Gasteiger partial charge < -0.3 is 14.2 Å². The number of alkyl halides is 2. The number of rotatable bonds is 8. The normalized spacial score (nSPS) is 11.7. The zero-order valence-electron chi connectivity index (χ0n) is 21.1. The van der Waals surface area contributed by atoms with Gasteiger partial charge in [0, 0.05) is 23.6 Å². The highest BCUT2D eigenvalue weighted by Gasteiger charge is 2.22. The van der Waals surface area contributed by atoms with E-state index in [2.05, 4.69) is 10.1 Å². The van der Waals surface area contributed by atoms with Crippen LogP contribution in [-0.4, -0.2) is 39.6 Å². The first-order valence-corrected chi connectivity index (χ1v) is 12.4. The van der Waals surface area contributed by atoms with Crippen molar-refractivity contribution in [2.75, 3.05) is 6.61 Å². The first-order chi connectivity index (χ1) is 17.9. The molecule has 4 aromatic rings. The molecule has 2 aromatic heterocycles. The van der Waals surface area contributed by atoms with Gasteiger partial charge in [0.25, 0.3) is 0 Å². The Morgan fingerprint density at radius 2 is 1.79 bits per heavy atom. The molecule has 0 saturated heterocycles. The molecule has 0 radical (unpaired) electrons. The largest absolute Gasteiger partial charge is 0.481 e. The second-order valence-corrected chi connectivity index (χ2v) is 10.3. The number of nitrogens with zero attached hydrogens (tertiary/aromatic N) is 3. The minimum Gasteiger partial charge on any atom is -0.481 e. The maximum Gasteiger partial charge on any atom is 0.388 e. The number of ether oxygens (including phenoxy) is 3. The van der Waals surface area contributed by atoms with E-state index in [-0.39, 0.29) is 29.4 Å². The second kappa shape index (κ2) is 11.1. The van der Waals surface area contributed by atoms with Gasteiger partial charge in [0.15, 0.2) is 11.8 Å². The molecule has 2 heterocycles. The Hall–Kier alpha value is -3.43. The Kier molecular flexibility index (Phi) is 8.08. The summed E-state index contributed by atoms with van der Waals surface area (Å²) >= 11 is 12.3. The number of aromatic nitrogens is 3. The van der Waals surface area contributed by atoms with Gasteiger partial charge in [0.05, 0.1) is 16.2 Å². The Balaban J connectivity index is 1.72. The molecule has 0 unspecified atom stereocenters. The summed E-state index contributed by atoms with van der Waals surface area (Å²) in [4.78, 5) is 16.6. The summed E-state index contributed by atoms with van der Waals surface area (Å²) in [5.41, 5.74) is 2.15. The summed E-state index contributed by atoms with van der Waals surface area (Å²) in [7, 11) is 0. The van der Waals surface area contributed by atoms with Gasteiger partial charge in [-0.3, -0.25) is 0 Å². The molecule has 0 saturated carbocycles. The number of aryl methyl sites for hydroxylation is 1. The first-order valence-electron chi connectivity index (χ1n) is 11.6. The van der Waals surface area contributed by atoms with Gasteiger partial charge in [-0.15, -0.1) is 0 Å². The van der Waals surface area contributed by atoms with Crippen LogP contribution in [0.3, 0.4) is 0 Å². The highest BCUT2D eigenvalue weighted by Crippen LogP contribution is 2.38. The lowest BCUT2D eigenvalue weighted by molar-refractivity contribution is -0.157. The third-order valence-corrected chi connectivity index (χ3v) is 6.00. The zero-order valence-corrected chi connectivity index (χ0v) is 22.6. The predicted octanol–water partition coefficient (Wildman–Crippen LogP) is 6.95. The van der Waals surface area contributed by atoms with Crippen LogP contribution in [0.4, 0.5) is 8.78 Å². The van der Waals surface area contributed by atoms with Crippen LogP contribution in [0.2, 0.25) is 10.2 Å². The molecular formula is C27H25Cl2F2N3O4. The molecule has 11 heteroatoms. The van der Waals surface area contributed by atoms with E-state index in [1.165, 1.54) is 6.07 Å². The van der Waals surface area contributed by atoms with Gasteiger partial charge in [-0.1, -0.05) is 35.3 Å². The Morgan fingerprint density at radius 3 is 2.39 bits per heavy atom. The lowest BCUT2D eigenvalue weighted by Crippen LogP contribution is -2.27. The summed E-state index contributed by atoms with van der Waals surface area (Å²) in [5.74, 6) is -0.474. The smallest absolute Gasteiger partial charge is 0.388 e. The molecule has 0 aliphatic rings. The fourth-order valence-corrected chi connectivity index (χ4v) is 4.27. The highest BCUT2D eigenvalue weighted by molar-refractivity contribution is 6.35. The van der Waals surface area contributed by atoms with Gasteiger partial charge in [-0.25, -0.2) is 14.5 Å². The van der Waals surface area contributed by atoms with Crippen molar-refractivity contribution in [1.29, 1.82) is 0 Å². The van der Waals surface area contributed by atoms with E-state index in [0.717, 1.165) is 11.3 Å². The summed E-state index contributed by atoms with van der Waals surface area (Å²) < 4.78 is 44.2. The number of benzene rings is 2. The number of hydrogen-bond acceptors (Lipinski definition) is 6. The molecule has 38 heavy (non-hydrogen) atoms. The topological polar surface area (TPSA) is 75.5 Å². The summed E-state index contributed by atoms with van der Waals surface area (Å²) in [6.45, 7) is 3.57. The van der Waals surface area contributed by atoms with Crippen molar-refractivity contribution < 1.29 is 27.8 Å². The zero-order chi connectivity index (χ0) is 27.6. The van der Waals surface area contributed by atoms with Crippen LogP contribution in [-0.2, 0) is 16.0 Å². The number of esters is 1. The molecule has 200 valence electrons. The van der Waals surface area contributed by atoms with Crippen LogP contribution in [0, 0.1) is 6.92 Å². The maximum absolute atomic E-state index is 13.3. The van der Waals surface area contributed by atoms with Crippen molar-refractivity contribution in [3.8, 4) is 17.3 Å². The average Bonchev–Trinajstić information content (AvgIpc) is 3.26. The second-order valence-electron chi connectivity index (χ2n) is 9.47. The molecule has 0 aliphatic heterocycles. The average molecular weight is 564 g/mol. The van der Waals surface area contributed by atoms with Crippen molar-refractivity contribution in [2.24, 2.45) is 0 Å². The molecule has 0 atom stereocenters. The molecule has 0 spiro atoms. The van der Waals surface area contributed by atoms with E-state index >= 15 is 0 Å². The first kappa shape index (κ1) is 27.6. The lowest BCUT2D eigenvalue weighted by atomic mass is 9.97. The number of halogens is 4. The van der Waals surface area contributed by atoms with Crippen LogP contribution < -0.4 is 9.47 Å². The van der Waals surface area contributed by atoms with E-state index in [0.29, 0.717) is 27.4 Å². The summed E-state index contributed by atoms with van der Waals surface area (Å²) in [5, 5.41) is 5.24. The Bertz CT molecular complexity index is 1470. The molecule has 0 amide bonds. The molecule has 0 fully saturated rings. The minimum atomic E-state index is -3.09. The van der Waals surface area contributed by atoms with E-state index in [1.54, 1.807) is 50.7 Å². The number of fused-ring (bicyclic) bond motifs is 1. The van der Waals surface area contributed by atoms with Gasteiger partial charge >= 0.3 is 12.6 Å². The van der Waals surface area contributed by atoms with Crippen LogP contribution >= 0.6 is 23.2 Å². The van der Waals surface area contributed by atoms with Crippen molar-refractivity contribution in [2.45, 2.75) is 46.3 Å². The predicted molar refractivity (Wildman–Crippen MR) is 141 cm³/mol. The van der Waals surface area contributed by atoms with Crippen LogP contribution in [0.5, 0.6) is 11.6 Å². The number of carbonyl (C=O) groups excluding carboxylic acids is 1. The highest BCUT2D eigenvalue weighted by atomic mass is 35.5. The molecular weight excluding hydrogens is 539 g/mol. The van der Waals surface area contributed by atoms with E-state index in [9.17, 15) is 13.6 Å². The number of pyridine rings is 1. The SMILES string of the molecule is Cc1c(Cc2ccc(-n3ccc(Cl)n3)cc2)c(OC(F)F)nc2c(Cl)ccc(OCC(=O)OC(C)(C)C)c12. The van der Waals surface area contributed by atoms with Gasteiger partial charge in [-0.05, 0) is 69.2 Å². The molecule has 7 nitrogen and oxygen atoms in total. The van der Waals surface area contributed by atoms with Gasteiger partial charge in [0.2, 0.25) is 5.88 Å². The van der Waals surface area contributed by atoms with E-state index in [4.69, 9.17) is 37.4 Å². The summed E-state index contributed by atoms with van der Waals surface area (Å²) in [6.07, 6.45) is 1.96. The quantitative estimate of drug-likeness (QED) is 0.216. The monoisotopic (exact) mass is 563 g/mol. The third kappa shape index (κ3) is 6.52. The van der Waals surface area contributed by atoms with E-state index in [1.807, 2.05) is 24.3 Å². The number of hydrogen-bond donors (Lipinski definition) is 0. The third-order valence-electron chi connectivity index (χ3n) is 5.49.